The number of H-pyrrole nitrogens is 1. The Balaban J connectivity index is 2.53. The number of thiophene rings is 1. The first-order valence-corrected chi connectivity index (χ1v) is 4.30. The average Bonchev–Trinajstić information content (AvgIpc) is 2.55. The lowest BCUT2D eigenvalue weighted by Gasteiger charge is -1.90. The zero-order valence-corrected chi connectivity index (χ0v) is 6.98. The first-order chi connectivity index (χ1) is 5.38. The second-order valence-electron chi connectivity index (χ2n) is 2.34. The molecule has 11 heavy (non-hydrogen) atoms. The van der Waals surface area contributed by atoms with Crippen LogP contribution >= 0.6 is 11.3 Å². The lowest BCUT2D eigenvalue weighted by molar-refractivity contribution is 1.25. The number of nitrogens with one attached hydrogen (secondary N) is 1. The SMILES string of the molecule is Cc1nc[nH]c1-c1cccs1. The molecule has 56 valence electrons. The molecule has 0 bridgehead atoms. The van der Waals surface area contributed by atoms with E-state index < -0.39 is 0 Å². The van der Waals surface area contributed by atoms with Gasteiger partial charge in [-0.05, 0) is 18.4 Å². The molecule has 0 aliphatic carbocycles. The van der Waals surface area contributed by atoms with Crippen molar-refractivity contribution in [1.82, 2.24) is 9.97 Å². The molecule has 3 heteroatoms. The van der Waals surface area contributed by atoms with Crippen molar-refractivity contribution < 1.29 is 0 Å². The highest BCUT2D eigenvalue weighted by Gasteiger charge is 2.02. The molecule has 0 fully saturated rings. The molecule has 0 amide bonds. The molecule has 0 unspecified atom stereocenters. The van der Waals surface area contributed by atoms with Gasteiger partial charge >= 0.3 is 0 Å². The number of hydrogen-bond donors (Lipinski definition) is 1. The minimum absolute atomic E-state index is 1.06. The number of aryl methyl sites for hydroxylation is 1. The van der Waals surface area contributed by atoms with Crippen LogP contribution < -0.4 is 0 Å². The van der Waals surface area contributed by atoms with Crippen molar-refractivity contribution >= 4 is 11.3 Å². The number of aromatic amines is 1. The van der Waals surface area contributed by atoms with E-state index in [1.54, 1.807) is 17.7 Å². The van der Waals surface area contributed by atoms with Gasteiger partial charge in [-0.1, -0.05) is 6.07 Å². The molecule has 0 atom stereocenters. The van der Waals surface area contributed by atoms with Crippen LogP contribution in [0.4, 0.5) is 0 Å². The van der Waals surface area contributed by atoms with Gasteiger partial charge < -0.3 is 4.98 Å². The molecule has 2 aromatic rings. The van der Waals surface area contributed by atoms with Crippen LogP contribution in [0.1, 0.15) is 5.69 Å². The van der Waals surface area contributed by atoms with Crippen molar-refractivity contribution in [2.75, 3.05) is 0 Å². The van der Waals surface area contributed by atoms with Crippen LogP contribution in [0, 0.1) is 6.92 Å². The van der Waals surface area contributed by atoms with Gasteiger partial charge in [-0.25, -0.2) is 4.98 Å². The van der Waals surface area contributed by atoms with Gasteiger partial charge in [0.25, 0.3) is 0 Å². The van der Waals surface area contributed by atoms with E-state index in [-0.39, 0.29) is 0 Å². The fourth-order valence-corrected chi connectivity index (χ4v) is 1.82. The van der Waals surface area contributed by atoms with Crippen molar-refractivity contribution in [3.8, 4) is 10.6 Å². The molecule has 0 spiro atoms. The van der Waals surface area contributed by atoms with E-state index in [0.717, 1.165) is 11.4 Å². The Bertz CT molecular complexity index is 335. The van der Waals surface area contributed by atoms with Gasteiger partial charge in [-0.3, -0.25) is 0 Å². The Morgan fingerprint density at radius 2 is 2.45 bits per heavy atom. The number of imidazole rings is 1. The summed E-state index contributed by atoms with van der Waals surface area (Å²) >= 11 is 1.72. The number of hydrogen-bond acceptors (Lipinski definition) is 2. The molecule has 0 aliphatic rings. The van der Waals surface area contributed by atoms with E-state index in [4.69, 9.17) is 0 Å². The highest BCUT2D eigenvalue weighted by molar-refractivity contribution is 7.13. The Kier molecular flexibility index (Phi) is 1.51. The summed E-state index contributed by atoms with van der Waals surface area (Å²) < 4.78 is 0. The van der Waals surface area contributed by atoms with Crippen LogP contribution in [-0.2, 0) is 0 Å². The van der Waals surface area contributed by atoms with E-state index >= 15 is 0 Å². The van der Waals surface area contributed by atoms with Crippen molar-refractivity contribution in [3.63, 3.8) is 0 Å². The van der Waals surface area contributed by atoms with Crippen LogP contribution in [0.15, 0.2) is 23.8 Å². The average molecular weight is 164 g/mol. The van der Waals surface area contributed by atoms with Crippen molar-refractivity contribution in [2.45, 2.75) is 6.92 Å². The molecule has 1 N–H and O–H groups in total. The number of rotatable bonds is 1. The van der Waals surface area contributed by atoms with Gasteiger partial charge in [0.15, 0.2) is 0 Å². The molecule has 0 aromatic carbocycles. The third kappa shape index (κ3) is 1.07. The minimum atomic E-state index is 1.06. The largest absolute Gasteiger partial charge is 0.344 e. The Labute approximate surface area is 68.9 Å². The minimum Gasteiger partial charge on any atom is -0.344 e. The Hall–Kier alpha value is -1.09. The first kappa shape index (κ1) is 6.61. The van der Waals surface area contributed by atoms with Crippen molar-refractivity contribution in [3.05, 3.63) is 29.5 Å². The van der Waals surface area contributed by atoms with E-state index in [1.807, 2.05) is 13.0 Å². The maximum atomic E-state index is 4.12. The molecule has 2 rings (SSSR count). The highest BCUT2D eigenvalue weighted by atomic mass is 32.1. The molecule has 0 saturated heterocycles. The summed E-state index contributed by atoms with van der Waals surface area (Å²) in [5.41, 5.74) is 2.20. The first-order valence-electron chi connectivity index (χ1n) is 3.42. The predicted molar refractivity (Wildman–Crippen MR) is 46.6 cm³/mol. The maximum absolute atomic E-state index is 4.12. The van der Waals surface area contributed by atoms with E-state index in [1.165, 1.54) is 4.88 Å². The number of nitrogens with zero attached hydrogens (tertiary/aromatic N) is 1. The van der Waals surface area contributed by atoms with E-state index in [2.05, 4.69) is 21.4 Å². The zero-order valence-electron chi connectivity index (χ0n) is 6.16. The molecule has 2 aromatic heterocycles. The topological polar surface area (TPSA) is 28.7 Å². The summed E-state index contributed by atoms with van der Waals surface area (Å²) in [6.07, 6.45) is 1.73. The van der Waals surface area contributed by atoms with Crippen LogP contribution in [0.2, 0.25) is 0 Å². The lowest BCUT2D eigenvalue weighted by Crippen LogP contribution is -1.74. The second kappa shape index (κ2) is 2.51. The fourth-order valence-electron chi connectivity index (χ4n) is 1.03. The van der Waals surface area contributed by atoms with Crippen LogP contribution in [0.25, 0.3) is 10.6 Å². The lowest BCUT2D eigenvalue weighted by atomic mass is 10.3. The molecule has 2 nitrogen and oxygen atoms in total. The summed E-state index contributed by atoms with van der Waals surface area (Å²) in [7, 11) is 0. The van der Waals surface area contributed by atoms with Crippen LogP contribution in [0.3, 0.4) is 0 Å². The Morgan fingerprint density at radius 3 is 3.00 bits per heavy atom. The van der Waals surface area contributed by atoms with E-state index in [9.17, 15) is 0 Å². The summed E-state index contributed by atoms with van der Waals surface area (Å²) in [6, 6.07) is 4.13. The van der Waals surface area contributed by atoms with Gasteiger partial charge in [0.2, 0.25) is 0 Å². The van der Waals surface area contributed by atoms with Crippen LogP contribution in [-0.4, -0.2) is 9.97 Å². The second-order valence-corrected chi connectivity index (χ2v) is 3.29. The fraction of sp³-hybridized carbons (Fsp3) is 0.125. The summed E-state index contributed by atoms with van der Waals surface area (Å²) in [6.45, 7) is 2.01. The quantitative estimate of drug-likeness (QED) is 0.689. The Morgan fingerprint density at radius 1 is 1.55 bits per heavy atom. The zero-order chi connectivity index (χ0) is 7.68. The van der Waals surface area contributed by atoms with Gasteiger partial charge in [-0.2, -0.15) is 0 Å². The highest BCUT2D eigenvalue weighted by Crippen LogP contribution is 2.24. The third-order valence-corrected chi connectivity index (χ3v) is 2.48. The standard InChI is InChI=1S/C8H8N2S/c1-6-8(10-5-9-6)7-3-2-4-11-7/h2-5H,1H3,(H,9,10). The van der Waals surface area contributed by atoms with Gasteiger partial charge in [-0.15, -0.1) is 11.3 Å². The normalized spacial score (nSPS) is 10.3. The maximum Gasteiger partial charge on any atom is 0.0928 e. The molecular weight excluding hydrogens is 156 g/mol. The monoisotopic (exact) mass is 164 g/mol. The molecular formula is C8H8N2S. The van der Waals surface area contributed by atoms with Crippen molar-refractivity contribution in [2.24, 2.45) is 0 Å². The smallest absolute Gasteiger partial charge is 0.0928 e. The third-order valence-electron chi connectivity index (χ3n) is 1.60. The van der Waals surface area contributed by atoms with Crippen molar-refractivity contribution in [1.29, 1.82) is 0 Å². The molecule has 2 heterocycles. The van der Waals surface area contributed by atoms with E-state index in [0.29, 0.717) is 0 Å². The number of aromatic nitrogens is 2. The molecule has 0 aliphatic heterocycles. The van der Waals surface area contributed by atoms with Gasteiger partial charge in [0, 0.05) is 0 Å². The summed E-state index contributed by atoms with van der Waals surface area (Å²) in [4.78, 5) is 8.48. The summed E-state index contributed by atoms with van der Waals surface area (Å²) in [5, 5.41) is 2.07. The predicted octanol–water partition coefficient (Wildman–Crippen LogP) is 2.45. The molecule has 0 radical (unpaired) electrons. The van der Waals surface area contributed by atoms with Gasteiger partial charge in [0.05, 0.1) is 22.6 Å². The summed E-state index contributed by atoms with van der Waals surface area (Å²) in [5.74, 6) is 0. The van der Waals surface area contributed by atoms with Gasteiger partial charge in [0.1, 0.15) is 0 Å². The molecule has 0 saturated carbocycles. The van der Waals surface area contributed by atoms with Crippen LogP contribution in [0.5, 0.6) is 0 Å².